The number of aromatic nitrogens is 2. The highest BCUT2D eigenvalue weighted by atomic mass is 16.6. The Labute approximate surface area is 134 Å². The zero-order valence-corrected chi connectivity index (χ0v) is 13.0. The third kappa shape index (κ3) is 2.54. The average Bonchev–Trinajstić information content (AvgIpc) is 2.97. The van der Waals surface area contributed by atoms with Crippen molar-refractivity contribution in [3.05, 3.63) is 41.2 Å². The standard InChI is InChI=1S/C17H19N3O3/c1-20-14-4-2-3-13(12(14)10-18-20)19-17(21)11-5-6-15-16(9-11)23-8-7-22-15/h5-6,9-10,13H,2-4,7-8H2,1H3,(H,19,21). The normalized spacial score (nSPS) is 19.1. The van der Waals surface area contributed by atoms with E-state index >= 15 is 0 Å². The van der Waals surface area contributed by atoms with Gasteiger partial charge in [0.15, 0.2) is 11.5 Å². The van der Waals surface area contributed by atoms with Crippen LogP contribution in [-0.2, 0) is 13.5 Å². The van der Waals surface area contributed by atoms with Crippen molar-refractivity contribution < 1.29 is 14.3 Å². The van der Waals surface area contributed by atoms with Gasteiger partial charge in [0.25, 0.3) is 5.91 Å². The van der Waals surface area contributed by atoms with Gasteiger partial charge in [-0.05, 0) is 37.5 Å². The number of amides is 1. The van der Waals surface area contributed by atoms with Crippen molar-refractivity contribution in [3.8, 4) is 11.5 Å². The van der Waals surface area contributed by atoms with Gasteiger partial charge >= 0.3 is 0 Å². The second-order valence-corrected chi connectivity index (χ2v) is 5.95. The van der Waals surface area contributed by atoms with Crippen LogP contribution in [0.5, 0.6) is 11.5 Å². The van der Waals surface area contributed by atoms with Gasteiger partial charge in [0.1, 0.15) is 13.2 Å². The first-order valence-corrected chi connectivity index (χ1v) is 7.93. The molecule has 1 unspecified atom stereocenters. The van der Waals surface area contributed by atoms with Crippen molar-refractivity contribution in [1.29, 1.82) is 0 Å². The van der Waals surface area contributed by atoms with E-state index in [1.54, 1.807) is 18.2 Å². The number of nitrogens with zero attached hydrogens (tertiary/aromatic N) is 2. The lowest BCUT2D eigenvalue weighted by Gasteiger charge is -2.24. The van der Waals surface area contributed by atoms with Gasteiger partial charge in [-0.15, -0.1) is 0 Å². The molecular formula is C17H19N3O3. The van der Waals surface area contributed by atoms with Crippen LogP contribution in [0.1, 0.15) is 40.5 Å². The summed E-state index contributed by atoms with van der Waals surface area (Å²) >= 11 is 0. The third-order valence-corrected chi connectivity index (χ3v) is 4.49. The van der Waals surface area contributed by atoms with Crippen molar-refractivity contribution in [1.82, 2.24) is 15.1 Å². The van der Waals surface area contributed by atoms with Crippen molar-refractivity contribution in [2.45, 2.75) is 25.3 Å². The quantitative estimate of drug-likeness (QED) is 0.921. The van der Waals surface area contributed by atoms with Crippen LogP contribution >= 0.6 is 0 Å². The molecule has 4 rings (SSSR count). The lowest BCUT2D eigenvalue weighted by atomic mass is 9.92. The molecule has 6 heteroatoms. The fraction of sp³-hybridized carbons (Fsp3) is 0.412. The molecule has 0 saturated carbocycles. The maximum absolute atomic E-state index is 12.6. The molecule has 1 aromatic carbocycles. The summed E-state index contributed by atoms with van der Waals surface area (Å²) in [6.07, 6.45) is 4.87. The van der Waals surface area contributed by atoms with Crippen LogP contribution in [0.4, 0.5) is 0 Å². The highest BCUT2D eigenvalue weighted by molar-refractivity contribution is 5.95. The monoisotopic (exact) mass is 313 g/mol. The molecule has 1 aromatic heterocycles. The van der Waals surface area contributed by atoms with Crippen LogP contribution in [0.2, 0.25) is 0 Å². The summed E-state index contributed by atoms with van der Waals surface area (Å²) in [6, 6.07) is 5.33. The van der Waals surface area contributed by atoms with Gasteiger partial charge in [0, 0.05) is 23.9 Å². The minimum atomic E-state index is -0.0938. The maximum Gasteiger partial charge on any atom is 0.251 e. The predicted molar refractivity (Wildman–Crippen MR) is 83.8 cm³/mol. The Balaban J connectivity index is 1.54. The molecule has 1 aliphatic heterocycles. The van der Waals surface area contributed by atoms with Gasteiger partial charge in [-0.25, -0.2) is 0 Å². The molecule has 1 atom stereocenters. The SMILES string of the molecule is Cn1ncc2c1CCCC2NC(=O)c1ccc2c(c1)OCCO2. The molecule has 120 valence electrons. The first-order valence-electron chi connectivity index (χ1n) is 7.93. The smallest absolute Gasteiger partial charge is 0.251 e. The van der Waals surface area contributed by atoms with E-state index in [-0.39, 0.29) is 11.9 Å². The molecule has 1 amide bonds. The van der Waals surface area contributed by atoms with Crippen molar-refractivity contribution in [2.75, 3.05) is 13.2 Å². The van der Waals surface area contributed by atoms with E-state index in [1.165, 1.54) is 5.69 Å². The third-order valence-electron chi connectivity index (χ3n) is 4.49. The van der Waals surface area contributed by atoms with E-state index in [4.69, 9.17) is 9.47 Å². The van der Waals surface area contributed by atoms with E-state index in [0.717, 1.165) is 24.8 Å². The van der Waals surface area contributed by atoms with Gasteiger partial charge in [0.05, 0.1) is 12.2 Å². The first-order chi connectivity index (χ1) is 11.2. The number of carbonyl (C=O) groups excluding carboxylic acids is 1. The zero-order valence-electron chi connectivity index (χ0n) is 13.0. The lowest BCUT2D eigenvalue weighted by molar-refractivity contribution is 0.0931. The second-order valence-electron chi connectivity index (χ2n) is 5.95. The second kappa shape index (κ2) is 5.61. The maximum atomic E-state index is 12.6. The molecule has 2 heterocycles. The summed E-state index contributed by atoms with van der Waals surface area (Å²) in [4.78, 5) is 12.6. The summed E-state index contributed by atoms with van der Waals surface area (Å²) in [7, 11) is 1.95. The topological polar surface area (TPSA) is 65.4 Å². The largest absolute Gasteiger partial charge is 0.486 e. The summed E-state index contributed by atoms with van der Waals surface area (Å²) in [5, 5.41) is 7.44. The molecule has 2 aliphatic rings. The number of aryl methyl sites for hydroxylation is 1. The van der Waals surface area contributed by atoms with Crippen LogP contribution in [-0.4, -0.2) is 28.9 Å². The highest BCUT2D eigenvalue weighted by Gasteiger charge is 2.25. The fourth-order valence-corrected chi connectivity index (χ4v) is 3.28. The molecular weight excluding hydrogens is 294 g/mol. The minimum Gasteiger partial charge on any atom is -0.486 e. The van der Waals surface area contributed by atoms with Gasteiger partial charge < -0.3 is 14.8 Å². The molecule has 0 bridgehead atoms. The Morgan fingerprint density at radius 2 is 2.13 bits per heavy atom. The first kappa shape index (κ1) is 14.1. The Hall–Kier alpha value is -2.50. The Bertz CT molecular complexity index is 754. The fourth-order valence-electron chi connectivity index (χ4n) is 3.28. The van der Waals surface area contributed by atoms with Crippen LogP contribution in [0, 0.1) is 0 Å². The summed E-state index contributed by atoms with van der Waals surface area (Å²) < 4.78 is 12.9. The number of fused-ring (bicyclic) bond motifs is 2. The molecule has 23 heavy (non-hydrogen) atoms. The summed E-state index contributed by atoms with van der Waals surface area (Å²) in [5.41, 5.74) is 2.93. The van der Waals surface area contributed by atoms with Gasteiger partial charge in [-0.1, -0.05) is 0 Å². The number of nitrogens with one attached hydrogen (secondary N) is 1. The number of hydrogen-bond donors (Lipinski definition) is 1. The molecule has 0 radical (unpaired) electrons. The van der Waals surface area contributed by atoms with Crippen LogP contribution in [0.25, 0.3) is 0 Å². The van der Waals surface area contributed by atoms with E-state index < -0.39 is 0 Å². The van der Waals surface area contributed by atoms with Gasteiger partial charge in [-0.2, -0.15) is 5.10 Å². The molecule has 2 aromatic rings. The molecule has 0 fully saturated rings. The highest BCUT2D eigenvalue weighted by Crippen LogP contribution is 2.32. The molecule has 1 aliphatic carbocycles. The number of ether oxygens (including phenoxy) is 2. The predicted octanol–water partition coefficient (Wildman–Crippen LogP) is 2.00. The van der Waals surface area contributed by atoms with Crippen LogP contribution < -0.4 is 14.8 Å². The van der Waals surface area contributed by atoms with E-state index in [2.05, 4.69) is 10.4 Å². The van der Waals surface area contributed by atoms with E-state index in [0.29, 0.717) is 30.3 Å². The summed E-state index contributed by atoms with van der Waals surface area (Å²) in [5.74, 6) is 1.23. The number of benzene rings is 1. The van der Waals surface area contributed by atoms with Crippen LogP contribution in [0.3, 0.4) is 0 Å². The van der Waals surface area contributed by atoms with Gasteiger partial charge in [0.2, 0.25) is 0 Å². The van der Waals surface area contributed by atoms with Crippen molar-refractivity contribution in [2.24, 2.45) is 7.05 Å². The molecule has 1 N–H and O–H groups in total. The van der Waals surface area contributed by atoms with Crippen molar-refractivity contribution >= 4 is 5.91 Å². The molecule has 0 saturated heterocycles. The Morgan fingerprint density at radius 3 is 3.00 bits per heavy atom. The van der Waals surface area contributed by atoms with Gasteiger partial charge in [-0.3, -0.25) is 9.48 Å². The number of carbonyl (C=O) groups is 1. The van der Waals surface area contributed by atoms with Crippen molar-refractivity contribution in [3.63, 3.8) is 0 Å². The van der Waals surface area contributed by atoms with Crippen LogP contribution in [0.15, 0.2) is 24.4 Å². The molecule has 6 nitrogen and oxygen atoms in total. The Morgan fingerprint density at radius 1 is 1.30 bits per heavy atom. The average molecular weight is 313 g/mol. The number of hydrogen-bond acceptors (Lipinski definition) is 4. The zero-order chi connectivity index (χ0) is 15.8. The molecule has 0 spiro atoms. The Kier molecular flexibility index (Phi) is 3.44. The van der Waals surface area contributed by atoms with E-state index in [1.807, 2.05) is 17.9 Å². The minimum absolute atomic E-state index is 0.0214. The number of rotatable bonds is 2. The lowest BCUT2D eigenvalue weighted by Crippen LogP contribution is -2.31. The summed E-state index contributed by atoms with van der Waals surface area (Å²) in [6.45, 7) is 1.06. The van der Waals surface area contributed by atoms with E-state index in [9.17, 15) is 4.79 Å².